The van der Waals surface area contributed by atoms with Crippen molar-refractivity contribution in [2.45, 2.75) is 38.3 Å². The molecule has 0 spiro atoms. The van der Waals surface area contributed by atoms with Crippen LogP contribution in [0.15, 0.2) is 35.3 Å². The van der Waals surface area contributed by atoms with Gasteiger partial charge in [0.1, 0.15) is 0 Å². The van der Waals surface area contributed by atoms with Gasteiger partial charge in [0.25, 0.3) is 0 Å². The number of piperidine rings is 1. The molecule has 1 atom stereocenters. The molecule has 31 heavy (non-hydrogen) atoms. The van der Waals surface area contributed by atoms with Gasteiger partial charge in [0.05, 0.1) is 13.2 Å². The highest BCUT2D eigenvalue weighted by molar-refractivity contribution is 5.81. The predicted octanol–water partition coefficient (Wildman–Crippen LogP) is 1.80. The molecule has 0 saturated carbocycles. The predicted molar refractivity (Wildman–Crippen MR) is 123 cm³/mol. The molecule has 1 unspecified atom stereocenters. The molecular formula is C24H37N5O2. The van der Waals surface area contributed by atoms with Gasteiger partial charge in [0.2, 0.25) is 5.91 Å². The van der Waals surface area contributed by atoms with E-state index in [9.17, 15) is 4.79 Å². The minimum atomic E-state index is 0.142. The van der Waals surface area contributed by atoms with Crippen LogP contribution in [0.4, 0.5) is 0 Å². The lowest BCUT2D eigenvalue weighted by molar-refractivity contribution is -0.140. The average Bonchev–Trinajstić information content (AvgIpc) is 3.27. The van der Waals surface area contributed by atoms with Crippen LogP contribution in [0.2, 0.25) is 0 Å². The molecule has 3 heterocycles. The van der Waals surface area contributed by atoms with Crippen molar-refractivity contribution in [3.05, 3.63) is 35.9 Å². The maximum atomic E-state index is 12.8. The highest BCUT2D eigenvalue weighted by Crippen LogP contribution is 2.22. The Kier molecular flexibility index (Phi) is 7.81. The van der Waals surface area contributed by atoms with E-state index in [1.807, 2.05) is 11.9 Å². The number of likely N-dealkylation sites (tertiary alicyclic amines) is 2. The molecule has 1 aromatic carbocycles. The molecule has 7 nitrogen and oxygen atoms in total. The quantitative estimate of drug-likeness (QED) is 0.574. The second-order valence-electron chi connectivity index (χ2n) is 8.88. The Labute approximate surface area is 186 Å². The lowest BCUT2D eigenvalue weighted by atomic mass is 9.95. The first-order valence-electron chi connectivity index (χ1n) is 11.8. The summed E-state index contributed by atoms with van der Waals surface area (Å²) in [6, 6.07) is 11.3. The Hall–Kier alpha value is -2.12. The summed E-state index contributed by atoms with van der Waals surface area (Å²) in [5.41, 5.74) is 1.38. The number of nitrogens with one attached hydrogen (secondary N) is 1. The number of nitrogens with zero attached hydrogens (tertiary/aromatic N) is 4. The third-order valence-electron chi connectivity index (χ3n) is 6.90. The smallest absolute Gasteiger partial charge is 0.225 e. The maximum absolute atomic E-state index is 12.8. The van der Waals surface area contributed by atoms with Crippen molar-refractivity contribution in [1.82, 2.24) is 20.0 Å². The molecule has 1 N–H and O–H groups in total. The number of amides is 1. The van der Waals surface area contributed by atoms with Gasteiger partial charge in [-0.1, -0.05) is 30.3 Å². The number of morpholine rings is 1. The number of carbonyl (C=O) groups excluding carboxylic acids is 1. The SMILES string of the molecule is CN=C(NCC1CCCN1Cc1ccccc1)N1CCC(C(=O)N2CCOCC2)CC1. The average molecular weight is 428 g/mol. The summed E-state index contributed by atoms with van der Waals surface area (Å²) in [5.74, 6) is 1.43. The molecule has 3 fully saturated rings. The van der Waals surface area contributed by atoms with Gasteiger partial charge in [0, 0.05) is 58.3 Å². The molecular weight excluding hydrogens is 390 g/mol. The second-order valence-corrected chi connectivity index (χ2v) is 8.88. The van der Waals surface area contributed by atoms with Crippen molar-refractivity contribution < 1.29 is 9.53 Å². The zero-order chi connectivity index (χ0) is 21.5. The fourth-order valence-electron chi connectivity index (χ4n) is 5.07. The van der Waals surface area contributed by atoms with Gasteiger partial charge in [-0.25, -0.2) is 0 Å². The summed E-state index contributed by atoms with van der Waals surface area (Å²) in [4.78, 5) is 24.2. The molecule has 0 aromatic heterocycles. The molecule has 1 aromatic rings. The number of benzene rings is 1. The van der Waals surface area contributed by atoms with Crippen molar-refractivity contribution in [3.8, 4) is 0 Å². The maximum Gasteiger partial charge on any atom is 0.225 e. The number of rotatable bonds is 5. The van der Waals surface area contributed by atoms with E-state index < -0.39 is 0 Å². The van der Waals surface area contributed by atoms with E-state index in [4.69, 9.17) is 4.74 Å². The van der Waals surface area contributed by atoms with E-state index in [1.165, 1.54) is 18.4 Å². The lowest BCUT2D eigenvalue weighted by Crippen LogP contribution is -2.51. The first kappa shape index (κ1) is 22.1. The Bertz CT molecular complexity index is 727. The highest BCUT2D eigenvalue weighted by atomic mass is 16.5. The van der Waals surface area contributed by atoms with Crippen LogP contribution in [0.5, 0.6) is 0 Å². The van der Waals surface area contributed by atoms with Crippen LogP contribution < -0.4 is 5.32 Å². The van der Waals surface area contributed by atoms with Gasteiger partial charge < -0.3 is 19.9 Å². The van der Waals surface area contributed by atoms with Crippen molar-refractivity contribution >= 4 is 11.9 Å². The minimum absolute atomic E-state index is 0.142. The van der Waals surface area contributed by atoms with Crippen LogP contribution in [0.1, 0.15) is 31.2 Å². The Morgan fingerprint density at radius 1 is 1.03 bits per heavy atom. The van der Waals surface area contributed by atoms with Crippen LogP contribution in [-0.4, -0.2) is 92.1 Å². The molecule has 3 aliphatic rings. The Balaban J connectivity index is 1.24. The van der Waals surface area contributed by atoms with Crippen molar-refractivity contribution in [1.29, 1.82) is 0 Å². The number of hydrogen-bond acceptors (Lipinski definition) is 4. The van der Waals surface area contributed by atoms with E-state index in [0.29, 0.717) is 25.2 Å². The van der Waals surface area contributed by atoms with E-state index in [-0.39, 0.29) is 5.92 Å². The zero-order valence-corrected chi connectivity index (χ0v) is 18.8. The normalized spacial score (nSPS) is 23.9. The van der Waals surface area contributed by atoms with E-state index in [2.05, 4.69) is 50.4 Å². The zero-order valence-electron chi connectivity index (χ0n) is 18.8. The number of carbonyl (C=O) groups is 1. The summed E-state index contributed by atoms with van der Waals surface area (Å²) in [6.45, 7) is 7.69. The largest absolute Gasteiger partial charge is 0.378 e. The van der Waals surface area contributed by atoms with Gasteiger partial charge in [-0.15, -0.1) is 0 Å². The van der Waals surface area contributed by atoms with Crippen LogP contribution in [0.3, 0.4) is 0 Å². The van der Waals surface area contributed by atoms with Crippen molar-refractivity contribution in [2.24, 2.45) is 10.9 Å². The summed E-state index contributed by atoms with van der Waals surface area (Å²) in [7, 11) is 1.86. The monoisotopic (exact) mass is 427 g/mol. The van der Waals surface area contributed by atoms with Gasteiger partial charge in [-0.05, 0) is 37.8 Å². The minimum Gasteiger partial charge on any atom is -0.378 e. The summed E-state index contributed by atoms with van der Waals surface area (Å²) in [6.07, 6.45) is 4.29. The van der Waals surface area contributed by atoms with E-state index >= 15 is 0 Å². The number of ether oxygens (including phenoxy) is 1. The molecule has 7 heteroatoms. The topological polar surface area (TPSA) is 60.4 Å². The number of hydrogen-bond donors (Lipinski definition) is 1. The first-order valence-corrected chi connectivity index (χ1v) is 11.8. The van der Waals surface area contributed by atoms with Crippen LogP contribution >= 0.6 is 0 Å². The second kappa shape index (κ2) is 11.0. The molecule has 0 aliphatic carbocycles. The first-order chi connectivity index (χ1) is 15.2. The summed E-state index contributed by atoms with van der Waals surface area (Å²) >= 11 is 0. The molecule has 0 radical (unpaired) electrons. The molecule has 0 bridgehead atoms. The highest BCUT2D eigenvalue weighted by Gasteiger charge is 2.31. The van der Waals surface area contributed by atoms with E-state index in [0.717, 1.165) is 64.6 Å². The number of aliphatic imine (C=N–C) groups is 1. The standard InChI is InChI=1S/C24H37N5O2/c1-25-24(26-18-22-8-5-11-29(22)19-20-6-3-2-4-7-20)28-12-9-21(10-13-28)23(30)27-14-16-31-17-15-27/h2-4,6-7,21-22H,5,8-19H2,1H3,(H,25,26). The summed E-state index contributed by atoms with van der Waals surface area (Å²) in [5, 5.41) is 3.63. The lowest BCUT2D eigenvalue weighted by Gasteiger charge is -2.37. The van der Waals surface area contributed by atoms with E-state index in [1.54, 1.807) is 0 Å². The molecule has 3 saturated heterocycles. The number of guanidine groups is 1. The van der Waals surface area contributed by atoms with Gasteiger partial charge in [-0.2, -0.15) is 0 Å². The third kappa shape index (κ3) is 5.77. The molecule has 1 amide bonds. The van der Waals surface area contributed by atoms with Crippen molar-refractivity contribution in [2.75, 3.05) is 59.5 Å². The van der Waals surface area contributed by atoms with Crippen LogP contribution in [0.25, 0.3) is 0 Å². The van der Waals surface area contributed by atoms with Gasteiger partial charge >= 0.3 is 0 Å². The van der Waals surface area contributed by atoms with Crippen molar-refractivity contribution in [3.63, 3.8) is 0 Å². The summed E-state index contributed by atoms with van der Waals surface area (Å²) < 4.78 is 5.38. The van der Waals surface area contributed by atoms with Crippen LogP contribution in [0, 0.1) is 5.92 Å². The van der Waals surface area contributed by atoms with Gasteiger partial charge in [-0.3, -0.25) is 14.7 Å². The molecule has 3 aliphatic heterocycles. The van der Waals surface area contributed by atoms with Gasteiger partial charge in [0.15, 0.2) is 5.96 Å². The fraction of sp³-hybridized carbons (Fsp3) is 0.667. The third-order valence-corrected chi connectivity index (χ3v) is 6.90. The Morgan fingerprint density at radius 3 is 2.48 bits per heavy atom. The van der Waals surface area contributed by atoms with Crippen LogP contribution in [-0.2, 0) is 16.1 Å². The molecule has 4 rings (SSSR count). The molecule has 170 valence electrons. The fourth-order valence-corrected chi connectivity index (χ4v) is 5.07. The Morgan fingerprint density at radius 2 is 1.77 bits per heavy atom.